The third kappa shape index (κ3) is 4.54. The fourth-order valence-electron chi connectivity index (χ4n) is 3.43. The van der Waals surface area contributed by atoms with Crippen LogP contribution in [0.2, 0.25) is 0 Å². The zero-order valence-corrected chi connectivity index (χ0v) is 16.3. The van der Waals surface area contributed by atoms with E-state index >= 15 is 0 Å². The van der Waals surface area contributed by atoms with Crippen LogP contribution >= 0.6 is 0 Å². The van der Waals surface area contributed by atoms with E-state index in [0.717, 1.165) is 25.7 Å². The van der Waals surface area contributed by atoms with Gasteiger partial charge in [0.15, 0.2) is 5.82 Å². The molecule has 0 saturated heterocycles. The zero-order chi connectivity index (χ0) is 19.5. The van der Waals surface area contributed by atoms with Crippen LogP contribution in [0.25, 0.3) is 0 Å². The highest BCUT2D eigenvalue weighted by Gasteiger charge is 2.41. The van der Waals surface area contributed by atoms with Gasteiger partial charge in [0.1, 0.15) is 0 Å². The molecule has 1 aliphatic rings. The van der Waals surface area contributed by atoms with Gasteiger partial charge in [0, 0.05) is 19.5 Å². The minimum atomic E-state index is -3.80. The van der Waals surface area contributed by atoms with Crippen molar-refractivity contribution in [3.63, 3.8) is 0 Å². The van der Waals surface area contributed by atoms with Gasteiger partial charge in [0.05, 0.1) is 10.4 Å². The number of aryl methyl sites for hydroxylation is 1. The Labute approximate surface area is 158 Å². The second kappa shape index (κ2) is 7.77. The van der Waals surface area contributed by atoms with Gasteiger partial charge in [-0.1, -0.05) is 30.8 Å². The minimum Gasteiger partial charge on any atom is -0.340 e. The third-order valence-corrected chi connectivity index (χ3v) is 6.28. The number of hydrogen-bond acceptors (Lipinski definition) is 6. The molecule has 1 amide bonds. The number of sulfonamides is 1. The number of carbonyl (C=O) groups excluding carboxylic acids is 1. The van der Waals surface area contributed by atoms with E-state index in [4.69, 9.17) is 4.52 Å². The number of carbonyl (C=O) groups is 1. The maximum atomic E-state index is 13.0. The number of aromatic nitrogens is 2. The van der Waals surface area contributed by atoms with Gasteiger partial charge in [0.25, 0.3) is 0 Å². The molecule has 0 atom stereocenters. The summed E-state index contributed by atoms with van der Waals surface area (Å²) in [7, 11) is -3.80. The molecule has 8 nitrogen and oxygen atoms in total. The second-order valence-corrected chi connectivity index (χ2v) is 8.63. The Hall–Kier alpha value is -2.26. The first-order valence-electron chi connectivity index (χ1n) is 9.03. The molecule has 1 fully saturated rings. The second-order valence-electron chi connectivity index (χ2n) is 6.94. The standard InChI is InChI=1S/C18H24N4O4S/c1-13(23)19-15-7-9-16(10-8-15)27(24,25)22-18(11-5-3-4-6-12-18)17-20-14(2)26-21-17/h7-10,22H,3-6,11-12H2,1-2H3,(H,19,23). The quantitative estimate of drug-likeness (QED) is 0.756. The summed E-state index contributed by atoms with van der Waals surface area (Å²) in [5.74, 6) is 0.585. The predicted molar refractivity (Wildman–Crippen MR) is 99.5 cm³/mol. The molecule has 9 heteroatoms. The first-order chi connectivity index (χ1) is 12.8. The van der Waals surface area contributed by atoms with Crippen LogP contribution in [0, 0.1) is 6.92 Å². The molecule has 2 aromatic rings. The number of nitrogens with zero attached hydrogens (tertiary/aromatic N) is 2. The Morgan fingerprint density at radius 3 is 2.26 bits per heavy atom. The van der Waals surface area contributed by atoms with E-state index in [2.05, 4.69) is 20.2 Å². The van der Waals surface area contributed by atoms with Crippen LogP contribution in [-0.2, 0) is 20.4 Å². The molecule has 1 aliphatic carbocycles. The summed E-state index contributed by atoms with van der Waals surface area (Å²) in [5, 5.41) is 6.64. The number of anilines is 1. The van der Waals surface area contributed by atoms with Crippen LogP contribution in [0.4, 0.5) is 5.69 Å². The molecule has 0 unspecified atom stereocenters. The Kier molecular flexibility index (Phi) is 5.61. The Bertz CT molecular complexity index is 898. The van der Waals surface area contributed by atoms with E-state index in [-0.39, 0.29) is 10.8 Å². The maximum Gasteiger partial charge on any atom is 0.241 e. The first-order valence-corrected chi connectivity index (χ1v) is 10.5. The lowest BCUT2D eigenvalue weighted by Crippen LogP contribution is -2.46. The average Bonchev–Trinajstić information content (AvgIpc) is 2.91. The van der Waals surface area contributed by atoms with E-state index in [1.807, 2.05) is 0 Å². The largest absolute Gasteiger partial charge is 0.340 e. The molecule has 1 aromatic carbocycles. The van der Waals surface area contributed by atoms with E-state index in [9.17, 15) is 13.2 Å². The lowest BCUT2D eigenvalue weighted by molar-refractivity contribution is -0.114. The normalized spacial score (nSPS) is 17.3. The van der Waals surface area contributed by atoms with E-state index < -0.39 is 15.6 Å². The topological polar surface area (TPSA) is 114 Å². The predicted octanol–water partition coefficient (Wildman–Crippen LogP) is 2.86. The fourth-order valence-corrected chi connectivity index (χ4v) is 4.86. The van der Waals surface area contributed by atoms with Crippen molar-refractivity contribution in [2.24, 2.45) is 0 Å². The summed E-state index contributed by atoms with van der Waals surface area (Å²) in [6.45, 7) is 3.09. The van der Waals surface area contributed by atoms with Gasteiger partial charge in [-0.3, -0.25) is 4.79 Å². The van der Waals surface area contributed by atoms with Crippen LogP contribution in [0.5, 0.6) is 0 Å². The zero-order valence-electron chi connectivity index (χ0n) is 15.5. The van der Waals surface area contributed by atoms with E-state index in [1.165, 1.54) is 19.1 Å². The molecule has 0 spiro atoms. The lowest BCUT2D eigenvalue weighted by atomic mass is 9.91. The van der Waals surface area contributed by atoms with E-state index in [1.54, 1.807) is 19.1 Å². The van der Waals surface area contributed by atoms with Gasteiger partial charge in [-0.25, -0.2) is 8.42 Å². The van der Waals surface area contributed by atoms with Crippen LogP contribution < -0.4 is 10.0 Å². The monoisotopic (exact) mass is 392 g/mol. The van der Waals surface area contributed by atoms with Crippen molar-refractivity contribution < 1.29 is 17.7 Å². The molecule has 3 rings (SSSR count). The highest BCUT2D eigenvalue weighted by Crippen LogP contribution is 2.36. The Morgan fingerprint density at radius 1 is 1.11 bits per heavy atom. The average molecular weight is 392 g/mol. The molecule has 0 aliphatic heterocycles. The van der Waals surface area contributed by atoms with Crippen molar-refractivity contribution in [2.75, 3.05) is 5.32 Å². The number of benzene rings is 1. The number of amides is 1. The first kappa shape index (κ1) is 19.5. The molecule has 1 aromatic heterocycles. The minimum absolute atomic E-state index is 0.125. The van der Waals surface area contributed by atoms with Crippen molar-refractivity contribution in [3.8, 4) is 0 Å². The molecule has 0 radical (unpaired) electrons. The number of rotatable bonds is 5. The Morgan fingerprint density at radius 2 is 1.74 bits per heavy atom. The molecule has 0 bridgehead atoms. The van der Waals surface area contributed by atoms with Gasteiger partial charge in [-0.15, -0.1) is 0 Å². The molecular weight excluding hydrogens is 368 g/mol. The molecule has 1 heterocycles. The number of nitrogens with one attached hydrogen (secondary N) is 2. The third-order valence-electron chi connectivity index (χ3n) is 4.73. The van der Waals surface area contributed by atoms with Crippen molar-refractivity contribution in [1.29, 1.82) is 0 Å². The van der Waals surface area contributed by atoms with Crippen molar-refractivity contribution >= 4 is 21.6 Å². The lowest BCUT2D eigenvalue weighted by Gasteiger charge is -2.30. The number of hydrogen-bond donors (Lipinski definition) is 2. The Balaban J connectivity index is 1.91. The van der Waals surface area contributed by atoms with Crippen molar-refractivity contribution in [2.45, 2.75) is 62.8 Å². The summed E-state index contributed by atoms with van der Waals surface area (Å²) in [5.41, 5.74) is -0.330. The summed E-state index contributed by atoms with van der Waals surface area (Å²) in [6.07, 6.45) is 5.11. The smallest absolute Gasteiger partial charge is 0.241 e. The van der Waals surface area contributed by atoms with Crippen LogP contribution in [0.15, 0.2) is 33.7 Å². The molecule has 27 heavy (non-hydrogen) atoms. The van der Waals surface area contributed by atoms with Gasteiger partial charge < -0.3 is 9.84 Å². The van der Waals surface area contributed by atoms with Crippen LogP contribution in [0.3, 0.4) is 0 Å². The molecule has 1 saturated carbocycles. The highest BCUT2D eigenvalue weighted by molar-refractivity contribution is 7.89. The van der Waals surface area contributed by atoms with Gasteiger partial charge in [-0.2, -0.15) is 9.71 Å². The molecule has 2 N–H and O–H groups in total. The van der Waals surface area contributed by atoms with Gasteiger partial charge >= 0.3 is 0 Å². The SMILES string of the molecule is CC(=O)Nc1ccc(S(=O)(=O)NC2(c3noc(C)n3)CCCCCC2)cc1. The van der Waals surface area contributed by atoms with Gasteiger partial charge in [0.2, 0.25) is 21.8 Å². The highest BCUT2D eigenvalue weighted by atomic mass is 32.2. The van der Waals surface area contributed by atoms with E-state index in [0.29, 0.717) is 30.2 Å². The molecule has 146 valence electrons. The molecular formula is C18H24N4O4S. The fraction of sp³-hybridized carbons (Fsp3) is 0.500. The summed E-state index contributed by atoms with van der Waals surface area (Å²) in [4.78, 5) is 15.6. The summed E-state index contributed by atoms with van der Waals surface area (Å²) in [6, 6.07) is 6.07. The van der Waals surface area contributed by atoms with Crippen molar-refractivity contribution in [1.82, 2.24) is 14.9 Å². The van der Waals surface area contributed by atoms with Crippen LogP contribution in [0.1, 0.15) is 57.2 Å². The van der Waals surface area contributed by atoms with Crippen LogP contribution in [-0.4, -0.2) is 24.5 Å². The van der Waals surface area contributed by atoms with Gasteiger partial charge in [-0.05, 0) is 37.1 Å². The maximum absolute atomic E-state index is 13.0. The summed E-state index contributed by atoms with van der Waals surface area (Å²) < 4.78 is 34.1. The summed E-state index contributed by atoms with van der Waals surface area (Å²) >= 11 is 0. The van der Waals surface area contributed by atoms with Crippen molar-refractivity contribution in [3.05, 3.63) is 36.0 Å².